The number of hydrogen-bond acceptors (Lipinski definition) is 2. The minimum Gasteiger partial charge on any atom is -0.480 e. The van der Waals surface area contributed by atoms with E-state index in [1.54, 1.807) is 0 Å². The minimum atomic E-state index is -1.02. The Kier molecular flexibility index (Phi) is 5.34. The summed E-state index contributed by atoms with van der Waals surface area (Å²) in [6, 6.07) is 6.59. The number of rotatable bonds is 5. The van der Waals surface area contributed by atoms with Crippen LogP contribution in [0.25, 0.3) is 0 Å². The van der Waals surface area contributed by atoms with Gasteiger partial charge in [-0.1, -0.05) is 35.0 Å². The Morgan fingerprint density at radius 2 is 2.11 bits per heavy atom. The molecule has 0 fully saturated rings. The van der Waals surface area contributed by atoms with Gasteiger partial charge in [-0.25, -0.2) is 4.79 Å². The molecule has 0 aliphatic carbocycles. The summed E-state index contributed by atoms with van der Waals surface area (Å²) >= 11 is 3.36. The quantitative estimate of drug-likeness (QED) is 0.878. The number of amides is 1. The molecule has 2 unspecified atom stereocenters. The van der Waals surface area contributed by atoms with Gasteiger partial charge in [0.15, 0.2) is 0 Å². The Hall–Kier alpha value is -1.36. The molecule has 5 heteroatoms. The zero-order chi connectivity index (χ0) is 13.7. The molecule has 2 atom stereocenters. The van der Waals surface area contributed by atoms with Crippen LogP contribution in [-0.2, 0) is 9.59 Å². The van der Waals surface area contributed by atoms with Gasteiger partial charge in [-0.3, -0.25) is 4.79 Å². The van der Waals surface area contributed by atoms with E-state index in [9.17, 15) is 14.7 Å². The molecule has 0 aromatic heterocycles. The molecule has 18 heavy (non-hydrogen) atoms. The van der Waals surface area contributed by atoms with E-state index in [1.807, 2.05) is 31.2 Å². The number of carbonyl (C=O) groups is 2. The summed E-state index contributed by atoms with van der Waals surface area (Å²) in [4.78, 5) is 22.4. The fraction of sp³-hybridized carbons (Fsp3) is 0.385. The molecule has 0 saturated carbocycles. The van der Waals surface area contributed by atoms with E-state index in [2.05, 4.69) is 21.2 Å². The van der Waals surface area contributed by atoms with Gasteiger partial charge in [0.25, 0.3) is 0 Å². The molecule has 1 aromatic carbocycles. The van der Waals surface area contributed by atoms with Crippen LogP contribution in [0.5, 0.6) is 0 Å². The van der Waals surface area contributed by atoms with Crippen molar-refractivity contribution in [1.29, 1.82) is 0 Å². The van der Waals surface area contributed by atoms with Crippen molar-refractivity contribution in [2.45, 2.75) is 32.2 Å². The fourth-order valence-corrected chi connectivity index (χ4v) is 2.37. The van der Waals surface area contributed by atoms with Crippen LogP contribution < -0.4 is 5.32 Å². The third kappa shape index (κ3) is 3.84. The van der Waals surface area contributed by atoms with Crippen LogP contribution in [0.3, 0.4) is 0 Å². The number of carbonyl (C=O) groups excluding carboxylic acids is 1. The maximum absolute atomic E-state index is 11.3. The molecule has 0 heterocycles. The van der Waals surface area contributed by atoms with Crippen LogP contribution in [0.1, 0.15) is 31.7 Å². The number of benzene rings is 1. The number of halogens is 1. The lowest BCUT2D eigenvalue weighted by Crippen LogP contribution is -2.43. The molecule has 0 radical (unpaired) electrons. The van der Waals surface area contributed by atoms with Crippen LogP contribution in [-0.4, -0.2) is 23.0 Å². The predicted molar refractivity (Wildman–Crippen MR) is 72.4 cm³/mol. The van der Waals surface area contributed by atoms with Crippen molar-refractivity contribution in [1.82, 2.24) is 5.32 Å². The zero-order valence-corrected chi connectivity index (χ0v) is 11.9. The second-order valence-corrected chi connectivity index (χ2v) is 5.00. The summed E-state index contributed by atoms with van der Waals surface area (Å²) < 4.78 is 0.894. The minimum absolute atomic E-state index is 0.246. The highest BCUT2D eigenvalue weighted by molar-refractivity contribution is 9.10. The van der Waals surface area contributed by atoms with E-state index in [-0.39, 0.29) is 11.8 Å². The van der Waals surface area contributed by atoms with Crippen LogP contribution in [0.4, 0.5) is 0 Å². The Labute approximate surface area is 115 Å². The highest BCUT2D eigenvalue weighted by Crippen LogP contribution is 2.26. The van der Waals surface area contributed by atoms with Crippen molar-refractivity contribution >= 4 is 27.8 Å². The first-order valence-corrected chi connectivity index (χ1v) is 6.50. The van der Waals surface area contributed by atoms with Gasteiger partial charge in [-0.15, -0.1) is 0 Å². The number of carboxylic acids is 1. The monoisotopic (exact) mass is 313 g/mol. The molecule has 4 nitrogen and oxygen atoms in total. The Morgan fingerprint density at radius 3 is 2.56 bits per heavy atom. The normalized spacial score (nSPS) is 13.7. The first kappa shape index (κ1) is 14.7. The van der Waals surface area contributed by atoms with Crippen molar-refractivity contribution in [2.75, 3.05) is 0 Å². The topological polar surface area (TPSA) is 66.4 Å². The fourth-order valence-electron chi connectivity index (χ4n) is 1.95. The summed E-state index contributed by atoms with van der Waals surface area (Å²) in [7, 11) is 0. The molecule has 0 aliphatic heterocycles. The summed E-state index contributed by atoms with van der Waals surface area (Å²) in [6.45, 7) is 3.23. The molecular weight excluding hydrogens is 298 g/mol. The van der Waals surface area contributed by atoms with Gasteiger partial charge in [0.05, 0.1) is 0 Å². The summed E-state index contributed by atoms with van der Waals surface area (Å²) in [5, 5.41) is 11.7. The van der Waals surface area contributed by atoms with E-state index in [0.717, 1.165) is 10.0 Å². The molecule has 1 aromatic rings. The van der Waals surface area contributed by atoms with Gasteiger partial charge in [-0.05, 0) is 24.1 Å². The van der Waals surface area contributed by atoms with Crippen molar-refractivity contribution in [3.63, 3.8) is 0 Å². The van der Waals surface area contributed by atoms with Crippen LogP contribution >= 0.6 is 15.9 Å². The molecule has 1 amide bonds. The lowest BCUT2D eigenvalue weighted by molar-refractivity contribution is -0.142. The third-order valence-corrected chi connectivity index (χ3v) is 3.24. The van der Waals surface area contributed by atoms with Gasteiger partial charge in [0.2, 0.25) is 5.91 Å². The van der Waals surface area contributed by atoms with Gasteiger partial charge in [0.1, 0.15) is 6.04 Å². The van der Waals surface area contributed by atoms with E-state index in [0.29, 0.717) is 6.42 Å². The van der Waals surface area contributed by atoms with Gasteiger partial charge in [0, 0.05) is 17.3 Å². The Bertz CT molecular complexity index is 448. The number of carboxylic acid groups (broad SMARTS) is 1. The largest absolute Gasteiger partial charge is 0.480 e. The third-order valence-electron chi connectivity index (χ3n) is 2.74. The SMILES string of the molecule is CCC(c1cccc(Br)c1)C(NC(C)=O)C(=O)O. The lowest BCUT2D eigenvalue weighted by Gasteiger charge is -2.23. The number of aliphatic carboxylic acids is 1. The predicted octanol–water partition coefficient (Wildman–Crippen LogP) is 2.53. The van der Waals surface area contributed by atoms with Crippen molar-refractivity contribution in [3.05, 3.63) is 34.3 Å². The summed E-state index contributed by atoms with van der Waals surface area (Å²) in [6.07, 6.45) is 0.633. The average molecular weight is 314 g/mol. The maximum atomic E-state index is 11.3. The second kappa shape index (κ2) is 6.54. The van der Waals surface area contributed by atoms with E-state index >= 15 is 0 Å². The van der Waals surface area contributed by atoms with Gasteiger partial charge < -0.3 is 10.4 Å². The summed E-state index contributed by atoms with van der Waals surface area (Å²) in [5.74, 6) is -1.60. The molecular formula is C13H16BrNO3. The zero-order valence-electron chi connectivity index (χ0n) is 10.3. The molecule has 1 rings (SSSR count). The standard InChI is InChI=1S/C13H16BrNO3/c1-3-11(9-5-4-6-10(14)7-9)12(13(17)18)15-8(2)16/h4-7,11-12H,3H2,1-2H3,(H,15,16)(H,17,18). The van der Waals surface area contributed by atoms with E-state index in [4.69, 9.17) is 0 Å². The van der Waals surface area contributed by atoms with E-state index < -0.39 is 12.0 Å². The van der Waals surface area contributed by atoms with Crippen molar-refractivity contribution in [2.24, 2.45) is 0 Å². The Morgan fingerprint density at radius 1 is 1.44 bits per heavy atom. The smallest absolute Gasteiger partial charge is 0.326 e. The van der Waals surface area contributed by atoms with E-state index in [1.165, 1.54) is 6.92 Å². The first-order chi connectivity index (χ1) is 8.45. The highest BCUT2D eigenvalue weighted by Gasteiger charge is 2.28. The number of nitrogens with one attached hydrogen (secondary N) is 1. The van der Waals surface area contributed by atoms with Crippen molar-refractivity contribution in [3.8, 4) is 0 Å². The molecule has 98 valence electrons. The maximum Gasteiger partial charge on any atom is 0.326 e. The van der Waals surface area contributed by atoms with Crippen LogP contribution in [0, 0.1) is 0 Å². The number of hydrogen-bond donors (Lipinski definition) is 2. The molecule has 0 spiro atoms. The van der Waals surface area contributed by atoms with Gasteiger partial charge >= 0.3 is 5.97 Å². The molecule has 0 aliphatic rings. The molecule has 2 N–H and O–H groups in total. The first-order valence-electron chi connectivity index (χ1n) is 5.71. The molecule has 0 saturated heterocycles. The van der Waals surface area contributed by atoms with Crippen LogP contribution in [0.15, 0.2) is 28.7 Å². The van der Waals surface area contributed by atoms with Crippen molar-refractivity contribution < 1.29 is 14.7 Å². The summed E-state index contributed by atoms with van der Waals surface area (Å²) in [5.41, 5.74) is 0.896. The second-order valence-electron chi connectivity index (χ2n) is 4.09. The molecule has 0 bridgehead atoms. The highest BCUT2D eigenvalue weighted by atomic mass is 79.9. The van der Waals surface area contributed by atoms with Gasteiger partial charge in [-0.2, -0.15) is 0 Å². The average Bonchev–Trinajstić information content (AvgIpc) is 2.28. The van der Waals surface area contributed by atoms with Crippen LogP contribution in [0.2, 0.25) is 0 Å². The Balaban J connectivity index is 3.05. The lowest BCUT2D eigenvalue weighted by atomic mass is 9.89.